The number of carbonyl (C=O) groups is 1. The van der Waals surface area contributed by atoms with Crippen LogP contribution in [0.25, 0.3) is 11.3 Å². The molecular weight excluding hydrogens is 374 g/mol. The van der Waals surface area contributed by atoms with E-state index in [4.69, 9.17) is 16.0 Å². The largest absolute Gasteiger partial charge is 0.459 e. The molecule has 1 amide bonds. The van der Waals surface area contributed by atoms with Gasteiger partial charge in [-0.1, -0.05) is 11.6 Å². The van der Waals surface area contributed by atoms with Gasteiger partial charge in [0.05, 0.1) is 13.1 Å². The smallest absolute Gasteiger partial charge is 0.234 e. The molecule has 3 heterocycles. The maximum absolute atomic E-state index is 12.4. The Balaban J connectivity index is 1.25. The molecule has 2 saturated heterocycles. The molecule has 0 bridgehead atoms. The van der Waals surface area contributed by atoms with E-state index in [0.717, 1.165) is 30.2 Å². The first kappa shape index (κ1) is 19.5. The first-order valence-corrected chi connectivity index (χ1v) is 10.6. The molecule has 0 radical (unpaired) electrons. The van der Waals surface area contributed by atoms with Gasteiger partial charge in [-0.15, -0.1) is 0 Å². The highest BCUT2D eigenvalue weighted by Crippen LogP contribution is 2.24. The predicted molar refractivity (Wildman–Crippen MR) is 111 cm³/mol. The second-order valence-corrected chi connectivity index (χ2v) is 8.26. The molecule has 1 N–H and O–H groups in total. The molecule has 2 aromatic rings. The summed E-state index contributed by atoms with van der Waals surface area (Å²) in [5.74, 6) is 1.61. The van der Waals surface area contributed by atoms with Gasteiger partial charge >= 0.3 is 0 Å². The van der Waals surface area contributed by atoms with Crippen LogP contribution in [0.5, 0.6) is 0 Å². The van der Waals surface area contributed by atoms with Gasteiger partial charge in [-0.3, -0.25) is 9.69 Å². The molecule has 0 saturated carbocycles. The molecule has 1 aromatic heterocycles. The summed E-state index contributed by atoms with van der Waals surface area (Å²) in [5, 5.41) is 3.71. The maximum Gasteiger partial charge on any atom is 0.234 e. The number of likely N-dealkylation sites (tertiary alicyclic amines) is 2. The zero-order chi connectivity index (χ0) is 19.3. The zero-order valence-corrected chi connectivity index (χ0v) is 17.0. The Labute approximate surface area is 171 Å². The van der Waals surface area contributed by atoms with Crippen LogP contribution in [0.3, 0.4) is 0 Å². The van der Waals surface area contributed by atoms with Crippen molar-refractivity contribution in [2.75, 3.05) is 32.7 Å². The average molecular weight is 402 g/mol. The quantitative estimate of drug-likeness (QED) is 0.767. The number of nitrogens with zero attached hydrogens (tertiary/aromatic N) is 2. The number of carbonyl (C=O) groups excluding carboxylic acids is 1. The highest BCUT2D eigenvalue weighted by atomic mass is 35.5. The van der Waals surface area contributed by atoms with Crippen molar-refractivity contribution < 1.29 is 9.21 Å². The van der Waals surface area contributed by atoms with Gasteiger partial charge < -0.3 is 14.6 Å². The molecular formula is C22H28ClN3O2. The highest BCUT2D eigenvalue weighted by molar-refractivity contribution is 6.30. The lowest BCUT2D eigenvalue weighted by Gasteiger charge is -2.27. The number of rotatable bonds is 7. The normalized spacial score (nSPS) is 20.7. The molecule has 2 aliphatic rings. The zero-order valence-electron chi connectivity index (χ0n) is 16.2. The van der Waals surface area contributed by atoms with E-state index >= 15 is 0 Å². The molecule has 6 heteroatoms. The van der Waals surface area contributed by atoms with Crippen molar-refractivity contribution in [1.29, 1.82) is 0 Å². The minimum absolute atomic E-state index is 0.0674. The first-order valence-electron chi connectivity index (χ1n) is 10.2. The van der Waals surface area contributed by atoms with Crippen LogP contribution < -0.4 is 5.32 Å². The molecule has 28 heavy (non-hydrogen) atoms. The number of amides is 1. The third-order valence-electron chi connectivity index (χ3n) is 5.76. The molecule has 4 rings (SSSR count). The minimum atomic E-state index is 0.0674. The van der Waals surface area contributed by atoms with Gasteiger partial charge in [0.25, 0.3) is 0 Å². The molecule has 0 spiro atoms. The lowest BCUT2D eigenvalue weighted by Crippen LogP contribution is -2.44. The predicted octanol–water partition coefficient (Wildman–Crippen LogP) is 3.78. The summed E-state index contributed by atoms with van der Waals surface area (Å²) in [6, 6.07) is 11.9. The van der Waals surface area contributed by atoms with Crippen molar-refractivity contribution in [1.82, 2.24) is 15.1 Å². The van der Waals surface area contributed by atoms with E-state index in [1.54, 1.807) is 0 Å². The summed E-state index contributed by atoms with van der Waals surface area (Å²) in [4.78, 5) is 17.3. The van der Waals surface area contributed by atoms with E-state index in [2.05, 4.69) is 15.1 Å². The molecule has 1 aromatic carbocycles. The lowest BCUT2D eigenvalue weighted by atomic mass is 10.2. The van der Waals surface area contributed by atoms with Crippen LogP contribution in [0.4, 0.5) is 0 Å². The second kappa shape index (κ2) is 9.12. The molecule has 2 fully saturated rings. The fourth-order valence-corrected chi connectivity index (χ4v) is 4.37. The molecule has 2 aliphatic heterocycles. The van der Waals surface area contributed by atoms with Gasteiger partial charge in [0, 0.05) is 23.2 Å². The summed E-state index contributed by atoms with van der Waals surface area (Å²) >= 11 is 5.93. The summed E-state index contributed by atoms with van der Waals surface area (Å²) in [6.45, 7) is 5.44. The number of hydrogen-bond acceptors (Lipinski definition) is 4. The van der Waals surface area contributed by atoms with Gasteiger partial charge in [0.2, 0.25) is 5.91 Å². The van der Waals surface area contributed by atoms with Crippen LogP contribution in [0, 0.1) is 0 Å². The van der Waals surface area contributed by atoms with Crippen LogP contribution in [-0.4, -0.2) is 54.5 Å². The SMILES string of the molecule is O=C(CN1CCCC1CN1CCCC1)NCc1ccc(-c2ccc(Cl)cc2)o1. The van der Waals surface area contributed by atoms with E-state index < -0.39 is 0 Å². The Bertz CT molecular complexity index is 783. The van der Waals surface area contributed by atoms with Gasteiger partial charge in [-0.25, -0.2) is 0 Å². The van der Waals surface area contributed by atoms with Crippen molar-refractivity contribution >= 4 is 17.5 Å². The summed E-state index contributed by atoms with van der Waals surface area (Å²) in [6.07, 6.45) is 5.02. The van der Waals surface area contributed by atoms with Gasteiger partial charge in [-0.2, -0.15) is 0 Å². The third kappa shape index (κ3) is 4.96. The van der Waals surface area contributed by atoms with Crippen molar-refractivity contribution in [3.05, 3.63) is 47.2 Å². The first-order chi connectivity index (χ1) is 13.7. The number of halogens is 1. The van der Waals surface area contributed by atoms with Crippen LogP contribution in [-0.2, 0) is 11.3 Å². The molecule has 5 nitrogen and oxygen atoms in total. The number of benzene rings is 1. The maximum atomic E-state index is 12.4. The van der Waals surface area contributed by atoms with E-state index in [1.165, 1.54) is 38.8 Å². The number of furan rings is 1. The standard InChI is InChI=1S/C22H28ClN3O2/c23-18-7-5-17(6-8-18)21-10-9-20(28-21)14-24-22(27)16-26-13-3-4-19(26)15-25-11-1-2-12-25/h5-10,19H,1-4,11-16H2,(H,24,27). The van der Waals surface area contributed by atoms with E-state index in [9.17, 15) is 4.79 Å². The third-order valence-corrected chi connectivity index (χ3v) is 6.02. The van der Waals surface area contributed by atoms with Crippen LogP contribution in [0.1, 0.15) is 31.4 Å². The highest BCUT2D eigenvalue weighted by Gasteiger charge is 2.28. The lowest BCUT2D eigenvalue weighted by molar-refractivity contribution is -0.122. The van der Waals surface area contributed by atoms with Crippen LogP contribution in [0.2, 0.25) is 5.02 Å². The molecule has 150 valence electrons. The summed E-state index contributed by atoms with van der Waals surface area (Å²) < 4.78 is 5.86. The van der Waals surface area contributed by atoms with Gasteiger partial charge in [-0.05, 0) is 81.7 Å². The Hall–Kier alpha value is -1.82. The summed E-state index contributed by atoms with van der Waals surface area (Å²) in [7, 11) is 0. The summed E-state index contributed by atoms with van der Waals surface area (Å²) in [5.41, 5.74) is 0.976. The molecule has 1 atom stereocenters. The number of hydrogen-bond donors (Lipinski definition) is 1. The van der Waals surface area contributed by atoms with Crippen molar-refractivity contribution in [2.45, 2.75) is 38.3 Å². The van der Waals surface area contributed by atoms with Crippen molar-refractivity contribution in [2.24, 2.45) is 0 Å². The van der Waals surface area contributed by atoms with Gasteiger partial charge in [0.15, 0.2) is 0 Å². The number of nitrogens with one attached hydrogen (secondary N) is 1. The van der Waals surface area contributed by atoms with Crippen LogP contribution >= 0.6 is 11.6 Å². The topological polar surface area (TPSA) is 48.7 Å². The van der Waals surface area contributed by atoms with E-state index in [1.807, 2.05) is 36.4 Å². The van der Waals surface area contributed by atoms with Crippen LogP contribution in [0.15, 0.2) is 40.8 Å². The fraction of sp³-hybridized carbons (Fsp3) is 0.500. The average Bonchev–Trinajstić information content (AvgIpc) is 3.44. The monoisotopic (exact) mass is 401 g/mol. The minimum Gasteiger partial charge on any atom is -0.459 e. The Morgan fingerprint density at radius 2 is 1.86 bits per heavy atom. The fourth-order valence-electron chi connectivity index (χ4n) is 4.24. The van der Waals surface area contributed by atoms with Gasteiger partial charge in [0.1, 0.15) is 11.5 Å². The van der Waals surface area contributed by atoms with Crippen molar-refractivity contribution in [3.8, 4) is 11.3 Å². The van der Waals surface area contributed by atoms with E-state index in [-0.39, 0.29) is 5.91 Å². The molecule has 0 aliphatic carbocycles. The second-order valence-electron chi connectivity index (χ2n) is 7.82. The van der Waals surface area contributed by atoms with E-state index in [0.29, 0.717) is 24.2 Å². The van der Waals surface area contributed by atoms with Crippen molar-refractivity contribution in [3.63, 3.8) is 0 Å². The Kier molecular flexibility index (Phi) is 6.35. The molecule has 1 unspecified atom stereocenters. The Morgan fingerprint density at radius 1 is 1.07 bits per heavy atom. The Morgan fingerprint density at radius 3 is 2.64 bits per heavy atom.